The second-order valence-electron chi connectivity index (χ2n) is 4.28. The molecular formula is C12H12F5NO4Si. The molecule has 1 amide bonds. The van der Waals surface area contributed by atoms with Gasteiger partial charge < -0.3 is 14.6 Å². The average molecular weight is 357 g/mol. The topological polar surface area (TPSA) is 70.0 Å². The molecule has 0 aliphatic heterocycles. The van der Waals surface area contributed by atoms with Gasteiger partial charge in [-0.05, 0) is 18.5 Å². The summed E-state index contributed by atoms with van der Waals surface area (Å²) in [6.45, 7) is -2.40. The molecule has 0 spiro atoms. The number of carbonyl (C=O) groups is 1. The lowest BCUT2D eigenvalue weighted by Crippen LogP contribution is -2.25. The second kappa shape index (κ2) is 8.91. The fourth-order valence-electron chi connectivity index (χ4n) is 1.54. The van der Waals surface area contributed by atoms with Crippen LogP contribution in [-0.4, -0.2) is 44.0 Å². The number of nitrogens with zero attached hydrogens (tertiary/aromatic N) is 1. The first-order chi connectivity index (χ1) is 10.8. The van der Waals surface area contributed by atoms with Crippen molar-refractivity contribution in [1.82, 2.24) is 5.12 Å². The first kappa shape index (κ1) is 19.5. The highest BCUT2D eigenvalue weighted by Gasteiger charge is 2.26. The van der Waals surface area contributed by atoms with E-state index in [9.17, 15) is 26.8 Å². The van der Waals surface area contributed by atoms with E-state index in [1.54, 1.807) is 0 Å². The molecule has 0 heterocycles. The van der Waals surface area contributed by atoms with E-state index in [-0.39, 0.29) is 22.3 Å². The Morgan fingerprint density at radius 3 is 2.43 bits per heavy atom. The number of aliphatic hydroxyl groups excluding tert-OH is 1. The summed E-state index contributed by atoms with van der Waals surface area (Å²) in [5.41, 5.74) is -1.25. The van der Waals surface area contributed by atoms with Crippen LogP contribution in [0.3, 0.4) is 0 Å². The van der Waals surface area contributed by atoms with Crippen molar-refractivity contribution in [3.05, 3.63) is 34.9 Å². The zero-order chi connectivity index (χ0) is 17.6. The van der Waals surface area contributed by atoms with E-state index in [0.717, 1.165) is 0 Å². The summed E-state index contributed by atoms with van der Waals surface area (Å²) in [5, 5.41) is 16.3. The molecule has 2 radical (unpaired) electrons. The molecule has 0 aliphatic rings. The molecule has 5 nitrogen and oxygen atoms in total. The Kier molecular flexibility index (Phi) is 7.55. The minimum atomic E-state index is -2.19. The van der Waals surface area contributed by atoms with E-state index in [2.05, 4.69) is 4.43 Å². The summed E-state index contributed by atoms with van der Waals surface area (Å²) in [7, 11) is -0.250. The number of rotatable bonds is 8. The SMILES string of the molecule is O=C(c1cc(F)c(F)c(F)c1F)N(F)CCCC[Si]OC(O)O. The Labute approximate surface area is 130 Å². The maximum atomic E-state index is 13.5. The third kappa shape index (κ3) is 5.53. The van der Waals surface area contributed by atoms with Crippen LogP contribution in [0.4, 0.5) is 22.0 Å². The van der Waals surface area contributed by atoms with Gasteiger partial charge in [0.15, 0.2) is 23.3 Å². The summed E-state index contributed by atoms with van der Waals surface area (Å²) >= 11 is 0. The Morgan fingerprint density at radius 2 is 1.83 bits per heavy atom. The number of aliphatic hydroxyl groups is 2. The lowest BCUT2D eigenvalue weighted by Gasteiger charge is -2.13. The van der Waals surface area contributed by atoms with Gasteiger partial charge in [0, 0.05) is 0 Å². The van der Waals surface area contributed by atoms with Gasteiger partial charge in [-0.1, -0.05) is 10.9 Å². The fraction of sp³-hybridized carbons (Fsp3) is 0.417. The summed E-state index contributed by atoms with van der Waals surface area (Å²) in [4.78, 5) is 11.6. The van der Waals surface area contributed by atoms with Gasteiger partial charge in [-0.15, -0.1) is 0 Å². The van der Waals surface area contributed by atoms with Gasteiger partial charge in [-0.25, -0.2) is 17.6 Å². The lowest BCUT2D eigenvalue weighted by molar-refractivity contribution is -0.180. The third-order valence-corrected chi connectivity index (χ3v) is 3.56. The van der Waals surface area contributed by atoms with Crippen LogP contribution in [0.2, 0.25) is 6.04 Å². The molecule has 128 valence electrons. The van der Waals surface area contributed by atoms with Gasteiger partial charge in [0.25, 0.3) is 12.4 Å². The first-order valence-electron chi connectivity index (χ1n) is 6.31. The Bertz CT molecular complexity index is 561. The normalized spacial score (nSPS) is 11.1. The number of benzene rings is 1. The minimum Gasteiger partial charge on any atom is -0.372 e. The second-order valence-corrected chi connectivity index (χ2v) is 5.31. The molecule has 0 aromatic heterocycles. The van der Waals surface area contributed by atoms with Crippen LogP contribution < -0.4 is 0 Å². The van der Waals surface area contributed by atoms with Crippen molar-refractivity contribution in [2.75, 3.05) is 6.54 Å². The Hall–Kier alpha value is -1.56. The van der Waals surface area contributed by atoms with E-state index in [1.165, 1.54) is 0 Å². The van der Waals surface area contributed by atoms with Crippen molar-refractivity contribution in [1.29, 1.82) is 0 Å². The van der Waals surface area contributed by atoms with E-state index >= 15 is 0 Å². The van der Waals surface area contributed by atoms with E-state index < -0.39 is 52.9 Å². The highest BCUT2D eigenvalue weighted by Crippen LogP contribution is 2.20. The number of hydrogen-bond acceptors (Lipinski definition) is 4. The van der Waals surface area contributed by atoms with Crippen molar-refractivity contribution in [2.24, 2.45) is 0 Å². The molecule has 0 fully saturated rings. The summed E-state index contributed by atoms with van der Waals surface area (Å²) in [5.74, 6) is -9.69. The highest BCUT2D eigenvalue weighted by molar-refractivity contribution is 6.26. The molecule has 23 heavy (non-hydrogen) atoms. The number of halogens is 5. The fourth-order valence-corrected chi connectivity index (χ4v) is 2.20. The molecule has 11 heteroatoms. The zero-order valence-corrected chi connectivity index (χ0v) is 12.5. The maximum Gasteiger partial charge on any atom is 0.284 e. The molecule has 0 saturated carbocycles. The molecule has 0 unspecified atom stereocenters. The molecule has 0 saturated heterocycles. The molecule has 1 aromatic rings. The average Bonchev–Trinajstić information content (AvgIpc) is 2.50. The van der Waals surface area contributed by atoms with Gasteiger partial charge >= 0.3 is 0 Å². The van der Waals surface area contributed by atoms with Crippen LogP contribution in [0.15, 0.2) is 6.07 Å². The van der Waals surface area contributed by atoms with Gasteiger partial charge in [0.1, 0.15) is 0 Å². The van der Waals surface area contributed by atoms with E-state index in [1.807, 2.05) is 0 Å². The predicted molar refractivity (Wildman–Crippen MR) is 67.5 cm³/mol. The van der Waals surface area contributed by atoms with Crippen molar-refractivity contribution >= 4 is 15.7 Å². The minimum absolute atomic E-state index is 0.0838. The van der Waals surface area contributed by atoms with Crippen molar-refractivity contribution in [3.63, 3.8) is 0 Å². The molecule has 1 aromatic carbocycles. The van der Waals surface area contributed by atoms with Crippen LogP contribution in [0.25, 0.3) is 0 Å². The molecule has 0 aliphatic carbocycles. The molecule has 2 N–H and O–H groups in total. The van der Waals surface area contributed by atoms with Gasteiger partial charge in [0.05, 0.1) is 12.1 Å². The molecule has 0 atom stereocenters. The van der Waals surface area contributed by atoms with E-state index in [0.29, 0.717) is 12.5 Å². The highest BCUT2D eigenvalue weighted by atomic mass is 28.2. The lowest BCUT2D eigenvalue weighted by atomic mass is 10.1. The monoisotopic (exact) mass is 357 g/mol. The zero-order valence-electron chi connectivity index (χ0n) is 11.5. The van der Waals surface area contributed by atoms with E-state index in [4.69, 9.17) is 10.2 Å². The molecule has 1 rings (SSSR count). The largest absolute Gasteiger partial charge is 0.372 e. The van der Waals surface area contributed by atoms with Crippen LogP contribution in [0.1, 0.15) is 23.2 Å². The molecular weight excluding hydrogens is 345 g/mol. The standard InChI is InChI=1S/C12H12F5NO4Si/c13-7-5-6(8(14)10(16)9(7)15)11(19)18(17)3-1-2-4-23-22-12(20)21/h5,12,20-21H,1-4H2. The quantitative estimate of drug-likeness (QED) is 0.141. The number of unbranched alkanes of at least 4 members (excludes halogenated alkanes) is 1. The molecule has 0 bridgehead atoms. The van der Waals surface area contributed by atoms with Gasteiger partial charge in [-0.3, -0.25) is 4.79 Å². The van der Waals surface area contributed by atoms with Crippen molar-refractivity contribution in [2.45, 2.75) is 25.4 Å². The van der Waals surface area contributed by atoms with Crippen LogP contribution >= 0.6 is 0 Å². The van der Waals surface area contributed by atoms with Crippen molar-refractivity contribution < 1.29 is 41.5 Å². The maximum absolute atomic E-state index is 13.5. The van der Waals surface area contributed by atoms with Crippen LogP contribution in [0.5, 0.6) is 0 Å². The number of carbonyl (C=O) groups excluding carboxylic acids is 1. The smallest absolute Gasteiger partial charge is 0.284 e. The number of hydrogen-bond donors (Lipinski definition) is 2. The van der Waals surface area contributed by atoms with Gasteiger partial charge in [-0.2, -0.15) is 5.12 Å². The summed E-state index contributed by atoms with van der Waals surface area (Å²) in [6, 6.07) is 0.439. The van der Waals surface area contributed by atoms with Crippen LogP contribution in [0, 0.1) is 23.3 Å². The summed E-state index contributed by atoms with van der Waals surface area (Å²) < 4.78 is 70.0. The Morgan fingerprint density at radius 1 is 1.17 bits per heavy atom. The van der Waals surface area contributed by atoms with Crippen molar-refractivity contribution in [3.8, 4) is 0 Å². The summed E-state index contributed by atoms with van der Waals surface area (Å²) in [6.07, 6.45) is 0.446. The van der Waals surface area contributed by atoms with Gasteiger partial charge in [0.2, 0.25) is 9.76 Å². The first-order valence-corrected chi connectivity index (χ1v) is 7.42. The third-order valence-electron chi connectivity index (χ3n) is 2.63. The Balaban J connectivity index is 2.54. The predicted octanol–water partition coefficient (Wildman–Crippen LogP) is 1.67. The number of amides is 1. The van der Waals surface area contributed by atoms with Crippen LogP contribution in [-0.2, 0) is 4.43 Å².